The number of benzene rings is 1. The van der Waals surface area contributed by atoms with E-state index in [0.29, 0.717) is 25.5 Å². The van der Waals surface area contributed by atoms with Crippen LogP contribution < -0.4 is 4.90 Å². The Morgan fingerprint density at radius 1 is 1.24 bits per heavy atom. The monoisotopic (exact) mass is 407 g/mol. The molecule has 0 aliphatic rings. The van der Waals surface area contributed by atoms with Gasteiger partial charge < -0.3 is 14.7 Å². The van der Waals surface area contributed by atoms with E-state index in [1.807, 2.05) is 24.8 Å². The van der Waals surface area contributed by atoms with Gasteiger partial charge >= 0.3 is 5.97 Å². The Labute approximate surface area is 156 Å². The predicted molar refractivity (Wildman–Crippen MR) is 99.8 cm³/mol. The highest BCUT2D eigenvalue weighted by Gasteiger charge is 2.14. The highest BCUT2D eigenvalue weighted by atomic mass is 79.9. The Kier molecular flexibility index (Phi) is 7.18. The molecule has 25 heavy (non-hydrogen) atoms. The summed E-state index contributed by atoms with van der Waals surface area (Å²) in [4.78, 5) is 13.8. The number of hydrogen-bond acceptors (Lipinski definition) is 6. The Morgan fingerprint density at radius 3 is 2.68 bits per heavy atom. The van der Waals surface area contributed by atoms with Crippen LogP contribution in [0.1, 0.15) is 42.7 Å². The van der Waals surface area contributed by atoms with E-state index >= 15 is 0 Å². The van der Waals surface area contributed by atoms with E-state index in [9.17, 15) is 9.90 Å². The molecule has 0 atom stereocenters. The molecule has 1 aromatic carbocycles. The highest BCUT2D eigenvalue weighted by molar-refractivity contribution is 9.10. The van der Waals surface area contributed by atoms with Crippen LogP contribution in [-0.4, -0.2) is 34.4 Å². The molecule has 2 rings (SSSR count). The van der Waals surface area contributed by atoms with Gasteiger partial charge in [-0.1, -0.05) is 29.3 Å². The summed E-state index contributed by atoms with van der Waals surface area (Å²) in [5.41, 5.74) is 0.974. The van der Waals surface area contributed by atoms with E-state index in [-0.39, 0.29) is 11.4 Å². The van der Waals surface area contributed by atoms with Crippen molar-refractivity contribution in [1.82, 2.24) is 10.2 Å². The average Bonchev–Trinajstić information content (AvgIpc) is 2.62. The first-order valence-electron chi connectivity index (χ1n) is 8.28. The summed E-state index contributed by atoms with van der Waals surface area (Å²) in [5, 5.41) is 18.1. The summed E-state index contributed by atoms with van der Waals surface area (Å²) in [6.07, 6.45) is 1.79. The standard InChI is InChI=1S/C18H22BrN3O3/c1-3-5-10-25-18(24)15-7-9-17(21-20-15)22(4-2)12-13-11-14(19)6-8-16(13)23/h6-9,11,23H,3-5,10,12H2,1-2H3. The summed E-state index contributed by atoms with van der Waals surface area (Å²) in [6.45, 7) is 5.58. The van der Waals surface area contributed by atoms with Crippen molar-refractivity contribution in [2.45, 2.75) is 33.2 Å². The van der Waals surface area contributed by atoms with Crippen molar-refractivity contribution in [3.8, 4) is 5.75 Å². The zero-order valence-corrected chi connectivity index (χ0v) is 16.0. The average molecular weight is 408 g/mol. The quantitative estimate of drug-likeness (QED) is 0.527. The highest BCUT2D eigenvalue weighted by Crippen LogP contribution is 2.24. The normalized spacial score (nSPS) is 10.5. The van der Waals surface area contributed by atoms with Crippen LogP contribution in [-0.2, 0) is 11.3 Å². The summed E-state index contributed by atoms with van der Waals surface area (Å²) in [6, 6.07) is 8.65. The second-order valence-corrected chi connectivity index (χ2v) is 6.47. The number of esters is 1. The topological polar surface area (TPSA) is 75.5 Å². The van der Waals surface area contributed by atoms with E-state index < -0.39 is 5.97 Å². The van der Waals surface area contributed by atoms with Crippen LogP contribution in [0.2, 0.25) is 0 Å². The Morgan fingerprint density at radius 2 is 2.04 bits per heavy atom. The molecular weight excluding hydrogens is 386 g/mol. The van der Waals surface area contributed by atoms with E-state index in [2.05, 4.69) is 26.1 Å². The molecule has 1 heterocycles. The first kappa shape index (κ1) is 19.2. The lowest BCUT2D eigenvalue weighted by Gasteiger charge is -2.22. The van der Waals surface area contributed by atoms with Crippen molar-refractivity contribution >= 4 is 27.7 Å². The van der Waals surface area contributed by atoms with Crippen molar-refractivity contribution < 1.29 is 14.6 Å². The van der Waals surface area contributed by atoms with Crippen LogP contribution >= 0.6 is 15.9 Å². The second-order valence-electron chi connectivity index (χ2n) is 5.55. The molecular formula is C18H22BrN3O3. The molecule has 7 heteroatoms. The number of halogens is 1. The van der Waals surface area contributed by atoms with E-state index in [4.69, 9.17) is 4.74 Å². The zero-order chi connectivity index (χ0) is 18.2. The molecule has 0 spiro atoms. The number of carbonyl (C=O) groups is 1. The zero-order valence-electron chi connectivity index (χ0n) is 14.4. The van der Waals surface area contributed by atoms with Gasteiger partial charge in [0.15, 0.2) is 11.5 Å². The number of rotatable bonds is 8. The van der Waals surface area contributed by atoms with Crippen molar-refractivity contribution in [2.24, 2.45) is 0 Å². The van der Waals surface area contributed by atoms with Gasteiger partial charge in [-0.05, 0) is 43.7 Å². The molecule has 0 saturated carbocycles. The molecule has 1 N–H and O–H groups in total. The fraction of sp³-hybridized carbons (Fsp3) is 0.389. The molecule has 0 aliphatic carbocycles. The number of nitrogens with zero attached hydrogens (tertiary/aromatic N) is 3. The SMILES string of the molecule is CCCCOC(=O)c1ccc(N(CC)Cc2cc(Br)ccc2O)nn1. The van der Waals surface area contributed by atoms with Gasteiger partial charge in [0.1, 0.15) is 5.75 Å². The lowest BCUT2D eigenvalue weighted by molar-refractivity contribution is 0.0491. The number of aromatic nitrogens is 2. The number of hydrogen-bond donors (Lipinski definition) is 1. The fourth-order valence-electron chi connectivity index (χ4n) is 2.23. The lowest BCUT2D eigenvalue weighted by Crippen LogP contribution is -2.24. The first-order valence-corrected chi connectivity index (χ1v) is 9.07. The minimum atomic E-state index is -0.458. The molecule has 0 saturated heterocycles. The van der Waals surface area contributed by atoms with Crippen LogP contribution in [0.5, 0.6) is 5.75 Å². The first-order chi connectivity index (χ1) is 12.0. The van der Waals surface area contributed by atoms with Crippen LogP contribution in [0.15, 0.2) is 34.8 Å². The number of aromatic hydroxyl groups is 1. The summed E-state index contributed by atoms with van der Waals surface area (Å²) in [7, 11) is 0. The minimum Gasteiger partial charge on any atom is -0.508 e. The number of phenolic OH excluding ortho intramolecular Hbond substituents is 1. The third-order valence-corrected chi connectivity index (χ3v) is 4.19. The smallest absolute Gasteiger partial charge is 0.358 e. The summed E-state index contributed by atoms with van der Waals surface area (Å²) < 4.78 is 6.02. The van der Waals surface area contributed by atoms with Gasteiger partial charge in [-0.3, -0.25) is 0 Å². The van der Waals surface area contributed by atoms with Gasteiger partial charge in [0.2, 0.25) is 0 Å². The molecule has 0 aliphatic heterocycles. The molecule has 6 nitrogen and oxygen atoms in total. The van der Waals surface area contributed by atoms with Gasteiger partial charge in [-0.2, -0.15) is 0 Å². The van der Waals surface area contributed by atoms with Crippen LogP contribution in [0, 0.1) is 0 Å². The van der Waals surface area contributed by atoms with E-state index in [1.54, 1.807) is 24.3 Å². The van der Waals surface area contributed by atoms with Crippen molar-refractivity contribution in [3.05, 3.63) is 46.1 Å². The summed E-state index contributed by atoms with van der Waals surface area (Å²) in [5.74, 6) is 0.401. The third-order valence-electron chi connectivity index (χ3n) is 3.70. The molecule has 0 radical (unpaired) electrons. The lowest BCUT2D eigenvalue weighted by atomic mass is 10.2. The van der Waals surface area contributed by atoms with Crippen molar-refractivity contribution in [1.29, 1.82) is 0 Å². The Balaban J connectivity index is 2.08. The van der Waals surface area contributed by atoms with Gasteiger partial charge in [-0.15, -0.1) is 10.2 Å². The van der Waals surface area contributed by atoms with Crippen molar-refractivity contribution in [2.75, 3.05) is 18.1 Å². The largest absolute Gasteiger partial charge is 0.508 e. The number of unbranched alkanes of at least 4 members (excludes halogenated alkanes) is 1. The van der Waals surface area contributed by atoms with Crippen LogP contribution in [0.25, 0.3) is 0 Å². The molecule has 0 amide bonds. The van der Waals surface area contributed by atoms with Crippen molar-refractivity contribution in [3.63, 3.8) is 0 Å². The third kappa shape index (κ3) is 5.42. The van der Waals surface area contributed by atoms with Gasteiger partial charge in [0.05, 0.1) is 6.61 Å². The minimum absolute atomic E-state index is 0.196. The fourth-order valence-corrected chi connectivity index (χ4v) is 2.64. The maximum atomic E-state index is 11.9. The summed E-state index contributed by atoms with van der Waals surface area (Å²) >= 11 is 3.41. The van der Waals surface area contributed by atoms with E-state index in [0.717, 1.165) is 22.9 Å². The Bertz CT molecular complexity index is 707. The second kappa shape index (κ2) is 9.36. The molecule has 1 aromatic heterocycles. The number of phenols is 1. The molecule has 2 aromatic rings. The molecule has 134 valence electrons. The van der Waals surface area contributed by atoms with Crippen LogP contribution in [0.3, 0.4) is 0 Å². The number of carbonyl (C=O) groups excluding carboxylic acids is 1. The van der Waals surface area contributed by atoms with Gasteiger partial charge in [-0.25, -0.2) is 4.79 Å². The molecule has 0 unspecified atom stereocenters. The number of ether oxygens (including phenoxy) is 1. The van der Waals surface area contributed by atoms with Gasteiger partial charge in [0.25, 0.3) is 0 Å². The maximum absolute atomic E-state index is 11.9. The van der Waals surface area contributed by atoms with E-state index in [1.165, 1.54) is 0 Å². The number of anilines is 1. The maximum Gasteiger partial charge on any atom is 0.358 e. The van der Waals surface area contributed by atoms with Crippen LogP contribution in [0.4, 0.5) is 5.82 Å². The van der Waals surface area contributed by atoms with Gasteiger partial charge in [0, 0.05) is 23.1 Å². The molecule has 0 bridgehead atoms. The molecule has 0 fully saturated rings. The predicted octanol–water partition coefficient (Wildman–Crippen LogP) is 3.93. The Hall–Kier alpha value is -2.15.